The van der Waals surface area contributed by atoms with Crippen molar-refractivity contribution >= 4 is 22.5 Å². The number of nitrogens with two attached hydrogens (primary N) is 1. The molecule has 0 aliphatic heterocycles. The Morgan fingerprint density at radius 3 is 2.88 bits per heavy atom. The second kappa shape index (κ2) is 3.76. The summed E-state index contributed by atoms with van der Waals surface area (Å²) in [6, 6.07) is 6.07. The molecule has 1 aliphatic carbocycles. The number of aromatic amines is 1. The third kappa shape index (κ3) is 1.96. The number of aryl methyl sites for hydroxylation is 2. The van der Waals surface area contributed by atoms with Gasteiger partial charge in [-0.15, -0.1) is 0 Å². The molecule has 0 bridgehead atoms. The molecule has 1 aromatic carbocycles. The van der Waals surface area contributed by atoms with Crippen molar-refractivity contribution in [1.29, 1.82) is 0 Å². The SMILES string of the molecule is Cc1[nH]c2c(Cl)cccc2c1CCC1(N)CC1. The number of aromatic nitrogens is 1. The molecule has 1 aromatic heterocycles. The summed E-state index contributed by atoms with van der Waals surface area (Å²) in [5.41, 5.74) is 9.92. The van der Waals surface area contributed by atoms with Crippen molar-refractivity contribution in [3.8, 4) is 0 Å². The highest BCUT2D eigenvalue weighted by Crippen LogP contribution is 2.38. The van der Waals surface area contributed by atoms with Crippen LogP contribution in [-0.4, -0.2) is 10.5 Å². The average Bonchev–Trinajstić information content (AvgIpc) is 2.92. The Balaban J connectivity index is 1.97. The summed E-state index contributed by atoms with van der Waals surface area (Å²) in [5, 5.41) is 2.05. The Morgan fingerprint density at radius 1 is 1.41 bits per heavy atom. The highest BCUT2D eigenvalue weighted by atomic mass is 35.5. The fraction of sp³-hybridized carbons (Fsp3) is 0.429. The van der Waals surface area contributed by atoms with Crippen LogP contribution in [0.1, 0.15) is 30.5 Å². The monoisotopic (exact) mass is 248 g/mol. The van der Waals surface area contributed by atoms with Gasteiger partial charge in [0.2, 0.25) is 0 Å². The van der Waals surface area contributed by atoms with Crippen LogP contribution in [0.4, 0.5) is 0 Å². The van der Waals surface area contributed by atoms with Crippen LogP contribution in [-0.2, 0) is 6.42 Å². The fourth-order valence-corrected chi connectivity index (χ4v) is 2.70. The van der Waals surface area contributed by atoms with Gasteiger partial charge in [-0.1, -0.05) is 23.7 Å². The van der Waals surface area contributed by atoms with Gasteiger partial charge in [-0.05, 0) is 44.2 Å². The third-order valence-electron chi connectivity index (χ3n) is 3.87. The van der Waals surface area contributed by atoms with Crippen LogP contribution < -0.4 is 5.73 Å². The van der Waals surface area contributed by atoms with Crippen molar-refractivity contribution in [3.05, 3.63) is 34.5 Å². The average molecular weight is 249 g/mol. The van der Waals surface area contributed by atoms with Gasteiger partial charge in [-0.25, -0.2) is 0 Å². The number of hydrogen-bond donors (Lipinski definition) is 2. The van der Waals surface area contributed by atoms with Gasteiger partial charge < -0.3 is 10.7 Å². The minimum Gasteiger partial charge on any atom is -0.357 e. The number of benzene rings is 1. The van der Waals surface area contributed by atoms with E-state index in [0.29, 0.717) is 0 Å². The van der Waals surface area contributed by atoms with Gasteiger partial charge >= 0.3 is 0 Å². The van der Waals surface area contributed by atoms with Gasteiger partial charge in [0, 0.05) is 16.6 Å². The molecule has 2 nitrogen and oxygen atoms in total. The maximum atomic E-state index is 6.19. The lowest BCUT2D eigenvalue weighted by molar-refractivity contribution is 0.609. The van der Waals surface area contributed by atoms with Crippen molar-refractivity contribution in [1.82, 2.24) is 4.98 Å². The molecule has 0 amide bonds. The first-order chi connectivity index (χ1) is 8.09. The van der Waals surface area contributed by atoms with Gasteiger partial charge in [0.25, 0.3) is 0 Å². The smallest absolute Gasteiger partial charge is 0.0648 e. The molecule has 1 fully saturated rings. The zero-order valence-corrected chi connectivity index (χ0v) is 10.8. The molecule has 90 valence electrons. The van der Waals surface area contributed by atoms with E-state index in [2.05, 4.69) is 18.0 Å². The zero-order chi connectivity index (χ0) is 12.0. The van der Waals surface area contributed by atoms with Crippen LogP contribution in [0.5, 0.6) is 0 Å². The van der Waals surface area contributed by atoms with Crippen molar-refractivity contribution < 1.29 is 0 Å². The quantitative estimate of drug-likeness (QED) is 0.857. The lowest BCUT2D eigenvalue weighted by Gasteiger charge is -2.08. The Bertz CT molecular complexity index is 567. The summed E-state index contributed by atoms with van der Waals surface area (Å²) in [4.78, 5) is 3.38. The zero-order valence-electron chi connectivity index (χ0n) is 10.0. The highest BCUT2D eigenvalue weighted by molar-refractivity contribution is 6.35. The second-order valence-corrected chi connectivity index (χ2v) is 5.66. The molecular formula is C14H17ClN2. The minimum atomic E-state index is 0.120. The Labute approximate surface area is 106 Å². The summed E-state index contributed by atoms with van der Waals surface area (Å²) in [6.07, 6.45) is 4.47. The van der Waals surface area contributed by atoms with Crippen LogP contribution in [0.15, 0.2) is 18.2 Å². The Hall–Kier alpha value is -0.990. The summed E-state index contributed by atoms with van der Waals surface area (Å²) in [6.45, 7) is 2.11. The number of fused-ring (bicyclic) bond motifs is 1. The van der Waals surface area contributed by atoms with Crippen molar-refractivity contribution in [2.45, 2.75) is 38.1 Å². The maximum absolute atomic E-state index is 6.19. The highest BCUT2D eigenvalue weighted by Gasteiger charge is 2.37. The molecule has 1 saturated carbocycles. The molecule has 17 heavy (non-hydrogen) atoms. The maximum Gasteiger partial charge on any atom is 0.0648 e. The van der Waals surface area contributed by atoms with E-state index in [-0.39, 0.29) is 5.54 Å². The van der Waals surface area contributed by atoms with Gasteiger partial charge in [-0.3, -0.25) is 0 Å². The van der Waals surface area contributed by atoms with Crippen LogP contribution in [0.3, 0.4) is 0 Å². The van der Waals surface area contributed by atoms with E-state index >= 15 is 0 Å². The summed E-state index contributed by atoms with van der Waals surface area (Å²) in [5.74, 6) is 0. The first kappa shape index (κ1) is 11.1. The molecule has 2 aromatic rings. The molecule has 0 unspecified atom stereocenters. The minimum absolute atomic E-state index is 0.120. The number of halogens is 1. The molecule has 0 atom stereocenters. The first-order valence-electron chi connectivity index (χ1n) is 6.14. The van der Waals surface area contributed by atoms with Crippen LogP contribution in [0.2, 0.25) is 5.02 Å². The molecule has 3 rings (SSSR count). The molecule has 0 saturated heterocycles. The van der Waals surface area contributed by atoms with Crippen molar-refractivity contribution in [2.75, 3.05) is 0 Å². The lowest BCUT2D eigenvalue weighted by atomic mass is 10.0. The molecule has 0 radical (unpaired) electrons. The lowest BCUT2D eigenvalue weighted by Crippen LogP contribution is -2.22. The topological polar surface area (TPSA) is 41.8 Å². The van der Waals surface area contributed by atoms with Crippen molar-refractivity contribution in [2.24, 2.45) is 5.73 Å². The van der Waals surface area contributed by atoms with E-state index in [1.165, 1.54) is 29.5 Å². The Morgan fingerprint density at radius 2 is 2.18 bits per heavy atom. The largest absolute Gasteiger partial charge is 0.357 e. The molecule has 1 heterocycles. The van der Waals surface area contributed by atoms with Crippen molar-refractivity contribution in [3.63, 3.8) is 0 Å². The summed E-state index contributed by atoms with van der Waals surface area (Å²) < 4.78 is 0. The number of H-pyrrole nitrogens is 1. The van der Waals surface area contributed by atoms with Gasteiger partial charge in [0.05, 0.1) is 10.5 Å². The first-order valence-corrected chi connectivity index (χ1v) is 6.51. The molecule has 3 N–H and O–H groups in total. The molecular weight excluding hydrogens is 232 g/mol. The molecule has 3 heteroatoms. The molecule has 1 aliphatic rings. The fourth-order valence-electron chi connectivity index (χ4n) is 2.47. The standard InChI is InChI=1S/C14H17ClN2/c1-9-10(5-6-14(16)7-8-14)11-3-2-4-12(15)13(11)17-9/h2-4,17H,5-8,16H2,1H3. The number of para-hydroxylation sites is 1. The van der Waals surface area contributed by atoms with Crippen LogP contribution in [0, 0.1) is 6.92 Å². The van der Waals surface area contributed by atoms with Crippen LogP contribution in [0.25, 0.3) is 10.9 Å². The number of hydrogen-bond acceptors (Lipinski definition) is 1. The predicted molar refractivity (Wildman–Crippen MR) is 72.5 cm³/mol. The summed E-state index contributed by atoms with van der Waals surface area (Å²) >= 11 is 6.19. The van der Waals surface area contributed by atoms with Crippen LogP contribution >= 0.6 is 11.6 Å². The van der Waals surface area contributed by atoms with Gasteiger partial charge in [0.15, 0.2) is 0 Å². The summed E-state index contributed by atoms with van der Waals surface area (Å²) in [7, 11) is 0. The number of rotatable bonds is 3. The Kier molecular flexibility index (Phi) is 2.46. The van der Waals surface area contributed by atoms with E-state index in [0.717, 1.165) is 23.4 Å². The van der Waals surface area contributed by atoms with Gasteiger partial charge in [-0.2, -0.15) is 0 Å². The molecule has 0 spiro atoms. The van der Waals surface area contributed by atoms with E-state index in [1.54, 1.807) is 0 Å². The number of nitrogens with one attached hydrogen (secondary N) is 1. The van der Waals surface area contributed by atoms with E-state index in [9.17, 15) is 0 Å². The third-order valence-corrected chi connectivity index (χ3v) is 4.18. The second-order valence-electron chi connectivity index (χ2n) is 5.25. The normalized spacial score (nSPS) is 17.6. The van der Waals surface area contributed by atoms with E-state index in [4.69, 9.17) is 17.3 Å². The van der Waals surface area contributed by atoms with E-state index < -0.39 is 0 Å². The van der Waals surface area contributed by atoms with E-state index in [1.807, 2.05) is 12.1 Å². The predicted octanol–water partition coefficient (Wildman–Crippen LogP) is 3.55. The van der Waals surface area contributed by atoms with Gasteiger partial charge in [0.1, 0.15) is 0 Å².